The lowest BCUT2D eigenvalue weighted by Crippen LogP contribution is -2.11. The van der Waals surface area contributed by atoms with Crippen LogP contribution in [0, 0.1) is 10.1 Å². The van der Waals surface area contributed by atoms with E-state index in [9.17, 15) is 31.7 Å². The number of rotatable bonds is 4. The lowest BCUT2D eigenvalue weighted by molar-refractivity contribution is -0.383. The highest BCUT2D eigenvalue weighted by Crippen LogP contribution is 2.34. The lowest BCUT2D eigenvalue weighted by Gasteiger charge is -2.09. The van der Waals surface area contributed by atoms with Crippen molar-refractivity contribution in [1.82, 2.24) is 0 Å². The normalized spacial score (nSPS) is 12.0. The van der Waals surface area contributed by atoms with Crippen molar-refractivity contribution in [3.05, 3.63) is 58.1 Å². The predicted molar refractivity (Wildman–Crippen MR) is 82.0 cm³/mol. The van der Waals surface area contributed by atoms with E-state index in [2.05, 4.69) is 0 Å². The van der Waals surface area contributed by atoms with E-state index in [-0.39, 0.29) is 11.3 Å². The average molecular weight is 360 g/mol. The Balaban J connectivity index is 2.45. The molecule has 10 heteroatoms. The van der Waals surface area contributed by atoms with Gasteiger partial charge in [0.05, 0.1) is 16.7 Å². The second-order valence-corrected chi connectivity index (χ2v) is 6.69. The quantitative estimate of drug-likeness (QED) is 0.666. The Bertz CT molecular complexity index is 878. The molecule has 2 rings (SSSR count). The summed E-state index contributed by atoms with van der Waals surface area (Å²) in [6.45, 7) is 0. The number of nitro groups is 1. The van der Waals surface area contributed by atoms with Crippen LogP contribution in [0.1, 0.15) is 5.56 Å². The third-order valence-corrected chi connectivity index (χ3v) is 3.63. The molecule has 0 heterocycles. The highest BCUT2D eigenvalue weighted by molar-refractivity contribution is 7.92. The van der Waals surface area contributed by atoms with Gasteiger partial charge in [0.25, 0.3) is 5.69 Å². The molecule has 0 aromatic heterocycles. The maximum atomic E-state index is 12.5. The van der Waals surface area contributed by atoms with E-state index in [0.717, 1.165) is 24.5 Å². The van der Waals surface area contributed by atoms with Gasteiger partial charge in [0.15, 0.2) is 0 Å². The molecule has 0 aliphatic carbocycles. The van der Waals surface area contributed by atoms with Gasteiger partial charge < -0.3 is 0 Å². The fraction of sp³-hybridized carbons (Fsp3) is 0.143. The standard InChI is InChI=1S/C14H11F3N2O4S/c1-24(22,23)18-12-7-4-10(8-13(12)19(20)21)9-2-5-11(6-3-9)14(15,16)17/h2-8,18H,1H3. The van der Waals surface area contributed by atoms with Crippen LogP contribution in [0.4, 0.5) is 24.5 Å². The topological polar surface area (TPSA) is 89.3 Å². The number of nitrogens with zero attached hydrogens (tertiary/aromatic N) is 1. The summed E-state index contributed by atoms with van der Waals surface area (Å²) < 4.78 is 62.1. The lowest BCUT2D eigenvalue weighted by atomic mass is 10.0. The Morgan fingerprint density at radius 2 is 1.58 bits per heavy atom. The molecule has 0 saturated carbocycles. The molecule has 0 fully saturated rings. The Labute approximate surface area is 135 Å². The number of nitrogens with one attached hydrogen (secondary N) is 1. The molecule has 0 atom stereocenters. The van der Waals surface area contributed by atoms with Crippen molar-refractivity contribution in [3.63, 3.8) is 0 Å². The highest BCUT2D eigenvalue weighted by Gasteiger charge is 2.30. The summed E-state index contributed by atoms with van der Waals surface area (Å²) in [5.41, 5.74) is -0.946. The van der Waals surface area contributed by atoms with E-state index in [4.69, 9.17) is 0 Å². The number of sulfonamides is 1. The van der Waals surface area contributed by atoms with Gasteiger partial charge in [-0.25, -0.2) is 8.42 Å². The zero-order chi connectivity index (χ0) is 18.1. The smallest absolute Gasteiger partial charge is 0.277 e. The van der Waals surface area contributed by atoms with Gasteiger partial charge in [0.2, 0.25) is 10.0 Å². The van der Waals surface area contributed by atoms with Gasteiger partial charge in [-0.2, -0.15) is 13.2 Å². The van der Waals surface area contributed by atoms with E-state index < -0.39 is 32.4 Å². The van der Waals surface area contributed by atoms with Crippen molar-refractivity contribution >= 4 is 21.4 Å². The van der Waals surface area contributed by atoms with E-state index in [0.29, 0.717) is 5.56 Å². The highest BCUT2D eigenvalue weighted by atomic mass is 32.2. The molecule has 2 aromatic carbocycles. The molecule has 24 heavy (non-hydrogen) atoms. The number of anilines is 1. The number of hydrogen-bond acceptors (Lipinski definition) is 4. The molecule has 0 radical (unpaired) electrons. The minimum Gasteiger partial charge on any atom is -0.277 e. The van der Waals surface area contributed by atoms with Crippen molar-refractivity contribution in [3.8, 4) is 11.1 Å². The fourth-order valence-corrected chi connectivity index (χ4v) is 2.57. The first-order valence-electron chi connectivity index (χ1n) is 6.41. The minimum atomic E-state index is -4.48. The Morgan fingerprint density at radius 1 is 1.04 bits per heavy atom. The molecule has 0 unspecified atom stereocenters. The van der Waals surface area contributed by atoms with Crippen LogP contribution in [0.15, 0.2) is 42.5 Å². The second-order valence-electron chi connectivity index (χ2n) is 4.94. The van der Waals surface area contributed by atoms with Crippen LogP contribution in [-0.4, -0.2) is 19.6 Å². The van der Waals surface area contributed by atoms with Crippen LogP contribution < -0.4 is 4.72 Å². The molecule has 1 N–H and O–H groups in total. The van der Waals surface area contributed by atoms with Crippen molar-refractivity contribution in [1.29, 1.82) is 0 Å². The largest absolute Gasteiger partial charge is 0.416 e. The summed E-state index contributed by atoms with van der Waals surface area (Å²) in [6, 6.07) is 7.76. The maximum Gasteiger partial charge on any atom is 0.416 e. The first-order valence-corrected chi connectivity index (χ1v) is 8.30. The molecule has 0 bridgehead atoms. The van der Waals surface area contributed by atoms with E-state index in [1.807, 2.05) is 4.72 Å². The molecule has 0 spiro atoms. The molecule has 6 nitrogen and oxygen atoms in total. The molecule has 128 valence electrons. The minimum absolute atomic E-state index is 0.224. The average Bonchev–Trinajstić information content (AvgIpc) is 2.45. The van der Waals surface area contributed by atoms with Crippen molar-refractivity contribution in [2.45, 2.75) is 6.18 Å². The Hall–Kier alpha value is -2.62. The van der Waals surface area contributed by atoms with Crippen molar-refractivity contribution in [2.24, 2.45) is 0 Å². The molecule has 0 aliphatic rings. The van der Waals surface area contributed by atoms with Crippen LogP contribution in [0.2, 0.25) is 0 Å². The molecule has 0 amide bonds. The molecule has 2 aromatic rings. The third-order valence-electron chi connectivity index (χ3n) is 3.04. The monoisotopic (exact) mass is 360 g/mol. The molecule has 0 aliphatic heterocycles. The van der Waals surface area contributed by atoms with Gasteiger partial charge in [-0.15, -0.1) is 0 Å². The number of hydrogen-bond donors (Lipinski definition) is 1. The summed E-state index contributed by atoms with van der Waals surface area (Å²) in [5, 5.41) is 11.1. The van der Waals surface area contributed by atoms with Gasteiger partial charge in [-0.3, -0.25) is 14.8 Å². The summed E-state index contributed by atoms with van der Waals surface area (Å²) in [7, 11) is -3.71. The zero-order valence-corrected chi connectivity index (χ0v) is 13.0. The molecular formula is C14H11F3N2O4S. The summed E-state index contributed by atoms with van der Waals surface area (Å²) >= 11 is 0. The van der Waals surface area contributed by atoms with E-state index in [1.54, 1.807) is 0 Å². The van der Waals surface area contributed by atoms with Crippen LogP contribution in [0.3, 0.4) is 0 Å². The third kappa shape index (κ3) is 4.22. The summed E-state index contributed by atoms with van der Waals surface area (Å²) in [4.78, 5) is 10.3. The predicted octanol–water partition coefficient (Wildman–Crippen LogP) is 3.65. The number of halogens is 3. The number of nitro benzene ring substituents is 1. The van der Waals surface area contributed by atoms with Gasteiger partial charge in [0.1, 0.15) is 5.69 Å². The zero-order valence-electron chi connectivity index (χ0n) is 12.2. The van der Waals surface area contributed by atoms with E-state index in [1.165, 1.54) is 24.3 Å². The summed E-state index contributed by atoms with van der Waals surface area (Å²) in [6.07, 6.45) is -3.63. The first-order chi connectivity index (χ1) is 11.0. The van der Waals surface area contributed by atoms with Gasteiger partial charge in [-0.1, -0.05) is 18.2 Å². The molecule has 0 saturated heterocycles. The van der Waals surface area contributed by atoms with Gasteiger partial charge >= 0.3 is 6.18 Å². The van der Waals surface area contributed by atoms with Crippen LogP contribution in [0.25, 0.3) is 11.1 Å². The van der Waals surface area contributed by atoms with Crippen LogP contribution >= 0.6 is 0 Å². The van der Waals surface area contributed by atoms with E-state index >= 15 is 0 Å². The Morgan fingerprint density at radius 3 is 2.04 bits per heavy atom. The maximum absolute atomic E-state index is 12.5. The Kier molecular flexibility index (Phi) is 4.52. The van der Waals surface area contributed by atoms with Crippen LogP contribution in [-0.2, 0) is 16.2 Å². The van der Waals surface area contributed by atoms with Crippen molar-refractivity contribution in [2.75, 3.05) is 11.0 Å². The second kappa shape index (κ2) is 6.11. The van der Waals surface area contributed by atoms with Gasteiger partial charge in [0, 0.05) is 6.07 Å². The fourth-order valence-electron chi connectivity index (χ4n) is 2.00. The number of benzene rings is 2. The SMILES string of the molecule is CS(=O)(=O)Nc1ccc(-c2ccc(C(F)(F)F)cc2)cc1[N+](=O)[O-]. The van der Waals surface area contributed by atoms with Crippen molar-refractivity contribution < 1.29 is 26.5 Å². The van der Waals surface area contributed by atoms with Gasteiger partial charge in [-0.05, 0) is 29.3 Å². The summed E-state index contributed by atoms with van der Waals surface area (Å²) in [5.74, 6) is 0. The number of alkyl halides is 3. The first kappa shape index (κ1) is 17.7. The van der Waals surface area contributed by atoms with Crippen LogP contribution in [0.5, 0.6) is 0 Å². The molecular weight excluding hydrogens is 349 g/mol.